The summed E-state index contributed by atoms with van der Waals surface area (Å²) in [6.45, 7) is 9.36. The third-order valence-electron chi connectivity index (χ3n) is 2.85. The van der Waals surface area contributed by atoms with Crippen LogP contribution in [0.15, 0.2) is 6.33 Å². The highest BCUT2D eigenvalue weighted by Gasteiger charge is 2.09. The van der Waals surface area contributed by atoms with E-state index in [4.69, 9.17) is 0 Å². The van der Waals surface area contributed by atoms with Gasteiger partial charge in [0.1, 0.15) is 0 Å². The molecule has 0 aliphatic carbocycles. The lowest BCUT2D eigenvalue weighted by molar-refractivity contribution is 0.224. The number of rotatable bonds is 6. The fraction of sp³-hybridized carbons (Fsp3) is 0.750. The second-order valence-corrected chi connectivity index (χ2v) is 4.60. The van der Waals surface area contributed by atoms with E-state index in [2.05, 4.69) is 35.6 Å². The molecule has 0 saturated heterocycles. The number of aromatic nitrogens is 2. The SMILES string of the molecule is Cc1ncn(CCC(CO)NC(C)C)c1C. The Labute approximate surface area is 97.7 Å². The predicted molar refractivity (Wildman–Crippen MR) is 65.5 cm³/mol. The summed E-state index contributed by atoms with van der Waals surface area (Å²) in [5.74, 6) is 0. The Hall–Kier alpha value is -0.870. The van der Waals surface area contributed by atoms with E-state index in [-0.39, 0.29) is 12.6 Å². The highest BCUT2D eigenvalue weighted by Crippen LogP contribution is 2.06. The summed E-state index contributed by atoms with van der Waals surface area (Å²) in [7, 11) is 0. The van der Waals surface area contributed by atoms with Gasteiger partial charge in [0, 0.05) is 24.3 Å². The number of aliphatic hydroxyl groups is 1. The zero-order chi connectivity index (χ0) is 12.1. The van der Waals surface area contributed by atoms with Crippen LogP contribution in [0.3, 0.4) is 0 Å². The smallest absolute Gasteiger partial charge is 0.0951 e. The number of nitrogens with zero attached hydrogens (tertiary/aromatic N) is 2. The first-order valence-corrected chi connectivity index (χ1v) is 5.89. The van der Waals surface area contributed by atoms with Gasteiger partial charge in [0.2, 0.25) is 0 Å². The molecule has 0 amide bonds. The Morgan fingerprint density at radius 3 is 2.56 bits per heavy atom. The lowest BCUT2D eigenvalue weighted by atomic mass is 10.2. The van der Waals surface area contributed by atoms with Crippen molar-refractivity contribution < 1.29 is 5.11 Å². The molecule has 1 aromatic rings. The molecular formula is C12H23N3O. The van der Waals surface area contributed by atoms with Gasteiger partial charge in [0.05, 0.1) is 18.6 Å². The monoisotopic (exact) mass is 225 g/mol. The van der Waals surface area contributed by atoms with E-state index >= 15 is 0 Å². The Morgan fingerprint density at radius 2 is 2.12 bits per heavy atom. The number of nitrogens with one attached hydrogen (secondary N) is 1. The molecule has 0 aliphatic heterocycles. The van der Waals surface area contributed by atoms with Crippen molar-refractivity contribution in [1.29, 1.82) is 0 Å². The molecule has 4 heteroatoms. The van der Waals surface area contributed by atoms with Crippen LogP contribution in [-0.4, -0.2) is 33.3 Å². The van der Waals surface area contributed by atoms with Crippen LogP contribution in [0.2, 0.25) is 0 Å². The minimum Gasteiger partial charge on any atom is -0.395 e. The normalized spacial score (nSPS) is 13.4. The summed E-state index contributed by atoms with van der Waals surface area (Å²) >= 11 is 0. The molecule has 0 aliphatic rings. The molecule has 0 bridgehead atoms. The van der Waals surface area contributed by atoms with Gasteiger partial charge < -0.3 is 15.0 Å². The molecule has 16 heavy (non-hydrogen) atoms. The molecule has 0 spiro atoms. The van der Waals surface area contributed by atoms with Crippen molar-refractivity contribution >= 4 is 0 Å². The molecule has 0 fully saturated rings. The van der Waals surface area contributed by atoms with Gasteiger partial charge in [-0.15, -0.1) is 0 Å². The summed E-state index contributed by atoms with van der Waals surface area (Å²) in [6.07, 6.45) is 2.79. The quantitative estimate of drug-likeness (QED) is 0.766. The third kappa shape index (κ3) is 3.61. The van der Waals surface area contributed by atoms with Gasteiger partial charge >= 0.3 is 0 Å². The standard InChI is InChI=1S/C12H23N3O/c1-9(2)14-12(7-16)5-6-15-8-13-10(3)11(15)4/h8-9,12,14,16H,5-7H2,1-4H3. The number of aryl methyl sites for hydroxylation is 2. The van der Waals surface area contributed by atoms with Crippen molar-refractivity contribution in [3.8, 4) is 0 Å². The highest BCUT2D eigenvalue weighted by molar-refractivity contribution is 5.08. The van der Waals surface area contributed by atoms with Gasteiger partial charge in [0.15, 0.2) is 0 Å². The van der Waals surface area contributed by atoms with Crippen LogP contribution in [0.5, 0.6) is 0 Å². The van der Waals surface area contributed by atoms with Gasteiger partial charge in [-0.1, -0.05) is 13.8 Å². The van der Waals surface area contributed by atoms with Crippen LogP contribution < -0.4 is 5.32 Å². The molecule has 1 aromatic heterocycles. The lowest BCUT2D eigenvalue weighted by Gasteiger charge is -2.19. The van der Waals surface area contributed by atoms with Crippen LogP contribution in [0, 0.1) is 13.8 Å². The molecule has 4 nitrogen and oxygen atoms in total. The molecule has 1 rings (SSSR count). The van der Waals surface area contributed by atoms with E-state index in [0.717, 1.165) is 18.7 Å². The number of hydrogen-bond acceptors (Lipinski definition) is 3. The topological polar surface area (TPSA) is 50.1 Å². The number of imidazole rings is 1. The van der Waals surface area contributed by atoms with E-state index in [0.29, 0.717) is 6.04 Å². The maximum absolute atomic E-state index is 9.24. The fourth-order valence-corrected chi connectivity index (χ4v) is 1.76. The van der Waals surface area contributed by atoms with E-state index < -0.39 is 0 Å². The maximum atomic E-state index is 9.24. The van der Waals surface area contributed by atoms with Crippen molar-refractivity contribution in [2.75, 3.05) is 6.61 Å². The zero-order valence-corrected chi connectivity index (χ0v) is 10.7. The van der Waals surface area contributed by atoms with Crippen molar-refractivity contribution in [2.45, 2.75) is 52.7 Å². The van der Waals surface area contributed by atoms with Crippen LogP contribution in [0.4, 0.5) is 0 Å². The first-order chi connectivity index (χ1) is 7.54. The van der Waals surface area contributed by atoms with Crippen LogP contribution in [-0.2, 0) is 6.54 Å². The average molecular weight is 225 g/mol. The second kappa shape index (κ2) is 6.01. The van der Waals surface area contributed by atoms with Gasteiger partial charge in [0.25, 0.3) is 0 Å². The first kappa shape index (κ1) is 13.2. The molecular weight excluding hydrogens is 202 g/mol. The minimum atomic E-state index is 0.169. The summed E-state index contributed by atoms with van der Waals surface area (Å²) in [4.78, 5) is 4.26. The van der Waals surface area contributed by atoms with Crippen molar-refractivity contribution in [3.05, 3.63) is 17.7 Å². The molecule has 1 unspecified atom stereocenters. The summed E-state index contributed by atoms with van der Waals surface area (Å²) < 4.78 is 2.14. The molecule has 0 radical (unpaired) electrons. The van der Waals surface area contributed by atoms with Crippen LogP contribution in [0.25, 0.3) is 0 Å². The summed E-state index contributed by atoms with van der Waals surface area (Å²) in [5, 5.41) is 12.6. The van der Waals surface area contributed by atoms with Gasteiger partial charge in [-0.25, -0.2) is 4.98 Å². The Morgan fingerprint density at radius 1 is 1.44 bits per heavy atom. The molecule has 0 saturated carbocycles. The zero-order valence-electron chi connectivity index (χ0n) is 10.7. The fourth-order valence-electron chi connectivity index (χ4n) is 1.76. The van der Waals surface area contributed by atoms with Crippen molar-refractivity contribution in [2.24, 2.45) is 0 Å². The highest BCUT2D eigenvalue weighted by atomic mass is 16.3. The van der Waals surface area contributed by atoms with Crippen molar-refractivity contribution in [1.82, 2.24) is 14.9 Å². The largest absolute Gasteiger partial charge is 0.395 e. The Kier molecular flexibility index (Phi) is 4.96. The summed E-state index contributed by atoms with van der Waals surface area (Å²) in [6, 6.07) is 0.574. The maximum Gasteiger partial charge on any atom is 0.0951 e. The Bertz CT molecular complexity index is 320. The average Bonchev–Trinajstić information content (AvgIpc) is 2.54. The van der Waals surface area contributed by atoms with E-state index in [1.165, 1.54) is 5.69 Å². The van der Waals surface area contributed by atoms with Gasteiger partial charge in [-0.05, 0) is 20.3 Å². The summed E-state index contributed by atoms with van der Waals surface area (Å²) in [5.41, 5.74) is 2.29. The van der Waals surface area contributed by atoms with E-state index in [9.17, 15) is 5.11 Å². The van der Waals surface area contributed by atoms with Crippen LogP contribution in [0.1, 0.15) is 31.7 Å². The predicted octanol–water partition coefficient (Wildman–Crippen LogP) is 1.25. The van der Waals surface area contributed by atoms with Crippen LogP contribution >= 0.6 is 0 Å². The minimum absolute atomic E-state index is 0.169. The number of hydrogen-bond donors (Lipinski definition) is 2. The molecule has 0 aromatic carbocycles. The molecule has 1 atom stereocenters. The molecule has 92 valence electrons. The van der Waals surface area contributed by atoms with Gasteiger partial charge in [-0.2, -0.15) is 0 Å². The van der Waals surface area contributed by atoms with Crippen molar-refractivity contribution in [3.63, 3.8) is 0 Å². The Balaban J connectivity index is 2.46. The van der Waals surface area contributed by atoms with E-state index in [1.54, 1.807) is 0 Å². The molecule has 2 N–H and O–H groups in total. The third-order valence-corrected chi connectivity index (χ3v) is 2.85. The molecule has 1 heterocycles. The second-order valence-electron chi connectivity index (χ2n) is 4.60. The van der Waals surface area contributed by atoms with E-state index in [1.807, 2.05) is 13.3 Å². The van der Waals surface area contributed by atoms with Gasteiger partial charge in [-0.3, -0.25) is 0 Å². The first-order valence-electron chi connectivity index (χ1n) is 5.89. The lowest BCUT2D eigenvalue weighted by Crippen LogP contribution is -2.38. The number of aliphatic hydroxyl groups excluding tert-OH is 1.